The predicted octanol–water partition coefficient (Wildman–Crippen LogP) is 0.870. The number of ether oxygens (including phenoxy) is 1. The van der Waals surface area contributed by atoms with Gasteiger partial charge in [-0.2, -0.15) is 0 Å². The van der Waals surface area contributed by atoms with Crippen molar-refractivity contribution >= 4 is 5.91 Å². The lowest BCUT2D eigenvalue weighted by Gasteiger charge is -2.16. The molecule has 1 heterocycles. The van der Waals surface area contributed by atoms with Crippen molar-refractivity contribution < 1.29 is 14.4 Å². The highest BCUT2D eigenvalue weighted by Gasteiger charge is 2.17. The van der Waals surface area contributed by atoms with Gasteiger partial charge in [-0.1, -0.05) is 6.07 Å². The fourth-order valence-electron chi connectivity index (χ4n) is 1.25. The van der Waals surface area contributed by atoms with Crippen molar-refractivity contribution in [2.45, 2.75) is 6.61 Å². The standard InChI is InChI=1S/C9H9NO3/c1-12-7-3-2-6-5-13-10-9(11)8(6)4-7/h2-4H,5H2,1H3,(H,10,11). The molecule has 1 amide bonds. The highest BCUT2D eigenvalue weighted by molar-refractivity contribution is 5.96. The van der Waals surface area contributed by atoms with Crippen LogP contribution in [0.4, 0.5) is 0 Å². The first-order valence-corrected chi connectivity index (χ1v) is 3.90. The number of hydroxylamine groups is 1. The van der Waals surface area contributed by atoms with Gasteiger partial charge in [0, 0.05) is 0 Å². The summed E-state index contributed by atoms with van der Waals surface area (Å²) in [7, 11) is 1.57. The van der Waals surface area contributed by atoms with Crippen LogP contribution in [-0.4, -0.2) is 13.0 Å². The van der Waals surface area contributed by atoms with E-state index in [1.165, 1.54) is 0 Å². The van der Waals surface area contributed by atoms with Gasteiger partial charge in [-0.25, -0.2) is 5.48 Å². The van der Waals surface area contributed by atoms with Gasteiger partial charge in [0.15, 0.2) is 0 Å². The number of benzene rings is 1. The number of nitrogens with one attached hydrogen (secondary N) is 1. The van der Waals surface area contributed by atoms with E-state index in [1.807, 2.05) is 6.07 Å². The Morgan fingerprint density at radius 3 is 3.15 bits per heavy atom. The Balaban J connectivity index is 2.47. The average molecular weight is 179 g/mol. The maximum atomic E-state index is 11.3. The summed E-state index contributed by atoms with van der Waals surface area (Å²) >= 11 is 0. The predicted molar refractivity (Wildman–Crippen MR) is 45.2 cm³/mol. The molecule has 0 bridgehead atoms. The Kier molecular flexibility index (Phi) is 1.90. The largest absolute Gasteiger partial charge is 0.497 e. The van der Waals surface area contributed by atoms with Gasteiger partial charge in [0.2, 0.25) is 0 Å². The second-order valence-corrected chi connectivity index (χ2v) is 2.74. The zero-order valence-corrected chi connectivity index (χ0v) is 7.16. The Labute approximate surface area is 75.4 Å². The van der Waals surface area contributed by atoms with Crippen molar-refractivity contribution in [1.29, 1.82) is 0 Å². The molecule has 1 aromatic rings. The minimum absolute atomic E-state index is 0.222. The molecule has 1 aliphatic rings. The van der Waals surface area contributed by atoms with Crippen molar-refractivity contribution in [2.24, 2.45) is 0 Å². The fourth-order valence-corrected chi connectivity index (χ4v) is 1.25. The van der Waals surface area contributed by atoms with Crippen LogP contribution in [-0.2, 0) is 11.4 Å². The molecular weight excluding hydrogens is 170 g/mol. The number of methoxy groups -OCH3 is 1. The molecule has 0 saturated heterocycles. The van der Waals surface area contributed by atoms with Crippen LogP contribution in [0.2, 0.25) is 0 Å². The van der Waals surface area contributed by atoms with E-state index in [1.54, 1.807) is 19.2 Å². The molecule has 0 atom stereocenters. The van der Waals surface area contributed by atoms with E-state index < -0.39 is 0 Å². The van der Waals surface area contributed by atoms with Crippen molar-refractivity contribution in [3.63, 3.8) is 0 Å². The van der Waals surface area contributed by atoms with E-state index in [4.69, 9.17) is 9.57 Å². The molecule has 13 heavy (non-hydrogen) atoms. The first-order chi connectivity index (χ1) is 6.31. The van der Waals surface area contributed by atoms with E-state index in [0.29, 0.717) is 17.9 Å². The summed E-state index contributed by atoms with van der Waals surface area (Å²) in [4.78, 5) is 16.1. The number of fused-ring (bicyclic) bond motifs is 1. The Hall–Kier alpha value is -1.55. The lowest BCUT2D eigenvalue weighted by molar-refractivity contribution is 0.0153. The third-order valence-electron chi connectivity index (χ3n) is 1.95. The number of rotatable bonds is 1. The highest BCUT2D eigenvalue weighted by atomic mass is 16.7. The molecule has 1 N–H and O–H groups in total. The van der Waals surface area contributed by atoms with Crippen molar-refractivity contribution in [3.8, 4) is 5.75 Å². The first kappa shape index (κ1) is 8.07. The molecule has 4 heteroatoms. The van der Waals surface area contributed by atoms with Crippen molar-refractivity contribution in [1.82, 2.24) is 5.48 Å². The number of carbonyl (C=O) groups is 1. The topological polar surface area (TPSA) is 47.6 Å². The summed E-state index contributed by atoms with van der Waals surface area (Å²) in [5.41, 5.74) is 3.79. The van der Waals surface area contributed by atoms with Gasteiger partial charge < -0.3 is 4.74 Å². The Bertz CT molecular complexity index is 349. The van der Waals surface area contributed by atoms with Crippen molar-refractivity contribution in [3.05, 3.63) is 29.3 Å². The fraction of sp³-hybridized carbons (Fsp3) is 0.222. The highest BCUT2D eigenvalue weighted by Crippen LogP contribution is 2.20. The maximum Gasteiger partial charge on any atom is 0.275 e. The van der Waals surface area contributed by atoms with Gasteiger partial charge in [0.25, 0.3) is 5.91 Å². The minimum Gasteiger partial charge on any atom is -0.497 e. The lowest BCUT2D eigenvalue weighted by Crippen LogP contribution is -2.29. The summed E-state index contributed by atoms with van der Waals surface area (Å²) in [6.45, 7) is 0.408. The maximum absolute atomic E-state index is 11.3. The summed E-state index contributed by atoms with van der Waals surface area (Å²) < 4.78 is 5.01. The van der Waals surface area contributed by atoms with E-state index >= 15 is 0 Å². The van der Waals surface area contributed by atoms with Gasteiger partial charge in [0.1, 0.15) is 12.4 Å². The average Bonchev–Trinajstić information content (AvgIpc) is 2.18. The zero-order valence-electron chi connectivity index (χ0n) is 7.16. The van der Waals surface area contributed by atoms with Crippen LogP contribution < -0.4 is 10.2 Å². The monoisotopic (exact) mass is 179 g/mol. The van der Waals surface area contributed by atoms with Crippen LogP contribution >= 0.6 is 0 Å². The van der Waals surface area contributed by atoms with Crippen LogP contribution in [0.3, 0.4) is 0 Å². The third-order valence-corrected chi connectivity index (χ3v) is 1.95. The molecule has 2 rings (SSSR count). The molecule has 0 fully saturated rings. The molecule has 0 radical (unpaired) electrons. The summed E-state index contributed by atoms with van der Waals surface area (Å²) in [6.07, 6.45) is 0. The van der Waals surface area contributed by atoms with Crippen molar-refractivity contribution in [2.75, 3.05) is 7.11 Å². The Morgan fingerprint density at radius 2 is 2.38 bits per heavy atom. The molecular formula is C9H9NO3. The molecule has 1 aliphatic heterocycles. The molecule has 1 aromatic carbocycles. The summed E-state index contributed by atoms with van der Waals surface area (Å²) in [5.74, 6) is 0.455. The van der Waals surface area contributed by atoms with E-state index in [-0.39, 0.29) is 5.91 Å². The van der Waals surface area contributed by atoms with E-state index in [0.717, 1.165) is 5.56 Å². The smallest absolute Gasteiger partial charge is 0.275 e. The quantitative estimate of drug-likeness (QED) is 0.695. The lowest BCUT2D eigenvalue weighted by atomic mass is 10.1. The van der Waals surface area contributed by atoms with Gasteiger partial charge in [-0.05, 0) is 17.7 Å². The van der Waals surface area contributed by atoms with Crippen LogP contribution in [0.25, 0.3) is 0 Å². The SMILES string of the molecule is COc1ccc2c(c1)C(=O)NOC2. The molecule has 0 unspecified atom stereocenters. The normalized spacial score (nSPS) is 14.7. The van der Waals surface area contributed by atoms with Crippen LogP contribution in [0.15, 0.2) is 18.2 Å². The summed E-state index contributed by atoms with van der Waals surface area (Å²) in [5, 5.41) is 0. The zero-order chi connectivity index (χ0) is 9.26. The number of carbonyl (C=O) groups excluding carboxylic acids is 1. The van der Waals surface area contributed by atoms with Crippen LogP contribution in [0, 0.1) is 0 Å². The van der Waals surface area contributed by atoms with Crippen LogP contribution in [0.1, 0.15) is 15.9 Å². The Morgan fingerprint density at radius 1 is 1.54 bits per heavy atom. The van der Waals surface area contributed by atoms with Gasteiger partial charge in [0.05, 0.1) is 12.7 Å². The number of hydrogen-bond donors (Lipinski definition) is 1. The van der Waals surface area contributed by atoms with Gasteiger partial charge in [-0.3, -0.25) is 9.63 Å². The summed E-state index contributed by atoms with van der Waals surface area (Å²) in [6, 6.07) is 5.33. The molecule has 0 spiro atoms. The number of amides is 1. The van der Waals surface area contributed by atoms with E-state index in [2.05, 4.69) is 5.48 Å². The molecule has 4 nitrogen and oxygen atoms in total. The second kappa shape index (κ2) is 3.06. The first-order valence-electron chi connectivity index (χ1n) is 3.90. The molecule has 0 saturated carbocycles. The van der Waals surface area contributed by atoms with Crippen LogP contribution in [0.5, 0.6) is 5.75 Å². The third kappa shape index (κ3) is 1.36. The van der Waals surface area contributed by atoms with E-state index in [9.17, 15) is 4.79 Å². The minimum atomic E-state index is -0.222. The number of hydrogen-bond acceptors (Lipinski definition) is 3. The second-order valence-electron chi connectivity index (χ2n) is 2.74. The molecule has 68 valence electrons. The molecule has 0 aromatic heterocycles. The van der Waals surface area contributed by atoms with Gasteiger partial charge >= 0.3 is 0 Å². The molecule has 0 aliphatic carbocycles. The van der Waals surface area contributed by atoms with Gasteiger partial charge in [-0.15, -0.1) is 0 Å².